The van der Waals surface area contributed by atoms with Crippen molar-refractivity contribution in [2.75, 3.05) is 6.61 Å². The first-order chi connectivity index (χ1) is 19.5. The first-order valence-corrected chi connectivity index (χ1v) is 14.0. The van der Waals surface area contributed by atoms with Crippen LogP contribution in [-0.4, -0.2) is 48.3 Å². The summed E-state index contributed by atoms with van der Waals surface area (Å²) in [5.41, 5.74) is -7.72. The number of halogens is 8. The second kappa shape index (κ2) is 10.9. The van der Waals surface area contributed by atoms with Crippen molar-refractivity contribution in [3.63, 3.8) is 0 Å². The van der Waals surface area contributed by atoms with Gasteiger partial charge in [0.1, 0.15) is 10.6 Å². The fourth-order valence-electron chi connectivity index (χ4n) is 5.13. The van der Waals surface area contributed by atoms with Gasteiger partial charge in [-0.25, -0.2) is 26.7 Å². The summed E-state index contributed by atoms with van der Waals surface area (Å²) in [6, 6.07) is 5.31. The average molecular weight is 626 g/mol. The lowest BCUT2D eigenvalue weighted by atomic mass is 9.80. The highest BCUT2D eigenvalue weighted by Gasteiger charge is 2.73. The molecular weight excluding hydrogens is 602 g/mol. The van der Waals surface area contributed by atoms with Crippen LogP contribution >= 0.6 is 0 Å². The molecule has 0 amide bonds. The number of carbonyl (C=O) groups excluding carboxylic acids is 1. The molecule has 0 radical (unpaired) electrons. The first-order valence-electron chi connectivity index (χ1n) is 12.5. The molecule has 0 atom stereocenters. The topological polar surface area (TPSA) is 91.2 Å². The number of rotatable bonds is 7. The van der Waals surface area contributed by atoms with Gasteiger partial charge in [-0.15, -0.1) is 5.10 Å². The van der Waals surface area contributed by atoms with E-state index < -0.39 is 56.0 Å². The molecule has 42 heavy (non-hydrogen) atoms. The summed E-state index contributed by atoms with van der Waals surface area (Å²) < 4.78 is 140. The predicted octanol–water partition coefficient (Wildman–Crippen LogP) is 6.37. The van der Waals surface area contributed by atoms with E-state index in [1.165, 1.54) is 10.9 Å². The van der Waals surface area contributed by atoms with Gasteiger partial charge in [-0.3, -0.25) is 0 Å². The molecule has 7 nitrogen and oxygen atoms in total. The molecule has 4 rings (SSSR count). The van der Waals surface area contributed by atoms with Crippen molar-refractivity contribution in [2.45, 2.75) is 66.3 Å². The van der Waals surface area contributed by atoms with E-state index in [9.17, 15) is 48.3 Å². The Hall–Kier alpha value is -3.56. The molecule has 0 bridgehead atoms. The van der Waals surface area contributed by atoms with Crippen molar-refractivity contribution in [2.24, 2.45) is 0 Å². The van der Waals surface area contributed by atoms with Crippen LogP contribution in [0.2, 0.25) is 0 Å². The van der Waals surface area contributed by atoms with E-state index in [0.717, 1.165) is 36.4 Å². The Morgan fingerprint density at radius 2 is 1.50 bits per heavy atom. The van der Waals surface area contributed by atoms with Crippen molar-refractivity contribution in [1.82, 2.24) is 15.0 Å². The molecule has 0 N–H and O–H groups in total. The SMILES string of the molecule is CCOC(=O)c1cn([C@H]2CC[C@@](c3ccc(C(F)(C(F)(F)F)C(F)(F)F)cc3)(S(=O)(=O)c3ccc(F)cc3)CC2)nn1. The van der Waals surface area contributed by atoms with E-state index in [2.05, 4.69) is 10.3 Å². The standard InChI is InChI=1S/C26H23F8N3O4S/c1-2-41-22(38)21-15-37(36-35-21)19-11-13-23(14-12-19,42(39,40)20-9-7-18(27)8-10-20)16-3-5-17(6-4-16)24(28,25(29,30)31)26(32,33)34/h3-10,15,19H,2,11-14H2,1H3/t19-,23+. The quantitative estimate of drug-likeness (QED) is 0.172. The van der Waals surface area contributed by atoms with Gasteiger partial charge in [0.25, 0.3) is 0 Å². The average Bonchev–Trinajstić information content (AvgIpc) is 3.42. The minimum absolute atomic E-state index is 0.0753. The van der Waals surface area contributed by atoms with Gasteiger partial charge in [0.15, 0.2) is 15.5 Å². The fraction of sp³-hybridized carbons (Fsp3) is 0.423. The Morgan fingerprint density at radius 1 is 0.952 bits per heavy atom. The van der Waals surface area contributed by atoms with Crippen LogP contribution in [0, 0.1) is 5.82 Å². The van der Waals surface area contributed by atoms with Crippen molar-refractivity contribution in [1.29, 1.82) is 0 Å². The van der Waals surface area contributed by atoms with E-state index >= 15 is 0 Å². The van der Waals surface area contributed by atoms with Crippen LogP contribution in [0.15, 0.2) is 59.6 Å². The zero-order chi connectivity index (χ0) is 31.1. The molecule has 3 aromatic rings. The monoisotopic (exact) mass is 625 g/mol. The summed E-state index contributed by atoms with van der Waals surface area (Å²) in [6.07, 6.45) is -11.6. The Bertz CT molecular complexity index is 1510. The molecule has 16 heteroatoms. The number of nitrogens with zero attached hydrogens (tertiary/aromatic N) is 3. The molecule has 1 aliphatic rings. The summed E-state index contributed by atoms with van der Waals surface area (Å²) in [4.78, 5) is 11.6. The van der Waals surface area contributed by atoms with Crippen LogP contribution in [0.5, 0.6) is 0 Å². The van der Waals surface area contributed by atoms with Crippen LogP contribution in [0.3, 0.4) is 0 Å². The number of sulfone groups is 1. The number of hydrogen-bond acceptors (Lipinski definition) is 6. The maximum Gasteiger partial charge on any atom is 0.435 e. The molecule has 0 saturated heterocycles. The summed E-state index contributed by atoms with van der Waals surface area (Å²) >= 11 is 0. The molecule has 0 spiro atoms. The largest absolute Gasteiger partial charge is 0.461 e. The summed E-state index contributed by atoms with van der Waals surface area (Å²) in [5.74, 6) is -1.47. The Labute approximate surface area is 234 Å². The zero-order valence-corrected chi connectivity index (χ0v) is 22.5. The molecule has 0 aliphatic heterocycles. The lowest BCUT2D eigenvalue weighted by Crippen LogP contribution is -2.50. The minimum Gasteiger partial charge on any atom is -0.461 e. The van der Waals surface area contributed by atoms with Crippen molar-refractivity contribution in [3.05, 3.63) is 77.4 Å². The Morgan fingerprint density at radius 3 is 2.00 bits per heavy atom. The van der Waals surface area contributed by atoms with Gasteiger partial charge in [-0.1, -0.05) is 29.5 Å². The highest BCUT2D eigenvalue weighted by Crippen LogP contribution is 2.54. The number of ether oxygens (including phenoxy) is 1. The third-order valence-electron chi connectivity index (χ3n) is 7.36. The number of carbonyl (C=O) groups is 1. The maximum atomic E-state index is 14.6. The van der Waals surface area contributed by atoms with Gasteiger partial charge in [0, 0.05) is 5.56 Å². The fourth-order valence-corrected chi connectivity index (χ4v) is 7.30. The van der Waals surface area contributed by atoms with Crippen LogP contribution in [0.25, 0.3) is 0 Å². The summed E-state index contributed by atoms with van der Waals surface area (Å²) in [7, 11) is -4.44. The van der Waals surface area contributed by atoms with E-state index in [4.69, 9.17) is 4.74 Å². The van der Waals surface area contributed by atoms with Gasteiger partial charge in [-0.05, 0) is 62.4 Å². The highest BCUT2D eigenvalue weighted by atomic mass is 32.2. The van der Waals surface area contributed by atoms with Crippen LogP contribution in [0.4, 0.5) is 35.1 Å². The second-order valence-electron chi connectivity index (χ2n) is 9.72. The zero-order valence-electron chi connectivity index (χ0n) is 21.7. The van der Waals surface area contributed by atoms with Crippen molar-refractivity contribution in [3.8, 4) is 0 Å². The Balaban J connectivity index is 1.75. The first kappa shape index (κ1) is 31.4. The van der Waals surface area contributed by atoms with E-state index in [-0.39, 0.29) is 60.6 Å². The van der Waals surface area contributed by atoms with Gasteiger partial charge in [-0.2, -0.15) is 26.3 Å². The lowest BCUT2D eigenvalue weighted by molar-refractivity contribution is -0.348. The number of benzene rings is 2. The number of hydrogen-bond donors (Lipinski definition) is 0. The van der Waals surface area contributed by atoms with Crippen LogP contribution in [0.1, 0.15) is 60.3 Å². The third-order valence-corrected chi connectivity index (χ3v) is 9.93. The highest BCUT2D eigenvalue weighted by molar-refractivity contribution is 7.92. The molecule has 0 unspecified atom stereocenters. The lowest BCUT2D eigenvalue weighted by Gasteiger charge is -2.40. The molecule has 1 saturated carbocycles. The molecule has 1 aliphatic carbocycles. The second-order valence-corrected chi connectivity index (χ2v) is 12.0. The van der Waals surface area contributed by atoms with E-state index in [1.54, 1.807) is 6.92 Å². The molecule has 228 valence electrons. The van der Waals surface area contributed by atoms with Crippen molar-refractivity contribution < 1.29 is 53.1 Å². The predicted molar refractivity (Wildman–Crippen MR) is 130 cm³/mol. The van der Waals surface area contributed by atoms with E-state index in [1.807, 2.05) is 0 Å². The third kappa shape index (κ3) is 5.24. The number of aromatic nitrogens is 3. The molecule has 1 fully saturated rings. The van der Waals surface area contributed by atoms with Crippen molar-refractivity contribution >= 4 is 15.8 Å². The molecule has 1 aromatic heterocycles. The smallest absolute Gasteiger partial charge is 0.435 e. The van der Waals surface area contributed by atoms with Gasteiger partial charge in [0.05, 0.1) is 23.7 Å². The maximum absolute atomic E-state index is 14.6. The van der Waals surface area contributed by atoms with Gasteiger partial charge < -0.3 is 4.74 Å². The normalized spacial score (nSPS) is 20.4. The van der Waals surface area contributed by atoms with Crippen LogP contribution in [-0.2, 0) is 25.0 Å². The number of esters is 1. The molecule has 2 aromatic carbocycles. The Kier molecular flexibility index (Phi) is 8.17. The minimum atomic E-state index is -6.34. The molecule has 1 heterocycles. The van der Waals surface area contributed by atoms with E-state index in [0.29, 0.717) is 0 Å². The molecular formula is C26H23F8N3O4S. The van der Waals surface area contributed by atoms with Crippen LogP contribution < -0.4 is 0 Å². The van der Waals surface area contributed by atoms with Gasteiger partial charge >= 0.3 is 24.0 Å². The number of alkyl halides is 7. The summed E-state index contributed by atoms with van der Waals surface area (Å²) in [6.45, 7) is 1.68. The van der Waals surface area contributed by atoms with Gasteiger partial charge in [0.2, 0.25) is 0 Å². The summed E-state index contributed by atoms with van der Waals surface area (Å²) in [5, 5.41) is 7.64.